The molecule has 33 heavy (non-hydrogen) atoms. The molecule has 0 saturated carbocycles. The van der Waals surface area contributed by atoms with Crippen LogP contribution in [0, 0.1) is 0 Å². The van der Waals surface area contributed by atoms with Gasteiger partial charge in [0, 0.05) is 18.5 Å². The summed E-state index contributed by atoms with van der Waals surface area (Å²) in [6, 6.07) is 14.8. The van der Waals surface area contributed by atoms with Crippen molar-refractivity contribution in [2.24, 2.45) is 0 Å². The first kappa shape index (κ1) is 21.6. The Hall–Kier alpha value is -3.21. The van der Waals surface area contributed by atoms with Crippen LogP contribution < -0.4 is 5.32 Å². The van der Waals surface area contributed by atoms with Gasteiger partial charge < -0.3 is 14.5 Å². The molecule has 3 aromatic rings. The summed E-state index contributed by atoms with van der Waals surface area (Å²) in [7, 11) is -3.69. The summed E-state index contributed by atoms with van der Waals surface area (Å²) in [5.74, 6) is -0.124. The van der Waals surface area contributed by atoms with Gasteiger partial charge in [0.2, 0.25) is 10.0 Å². The van der Waals surface area contributed by atoms with Crippen LogP contribution in [0.15, 0.2) is 63.9 Å². The molecule has 2 aliphatic heterocycles. The molecule has 3 heterocycles. The second-order valence-electron chi connectivity index (χ2n) is 8.26. The molecule has 172 valence electrons. The summed E-state index contributed by atoms with van der Waals surface area (Å²) in [4.78, 5) is 27.2. The number of rotatable bonds is 5. The number of imide groups is 1. The number of morpholine rings is 1. The zero-order chi connectivity index (χ0) is 23.2. The molecule has 3 amide bonds. The molecular formula is C23H23N3O6S. The molecule has 2 fully saturated rings. The zero-order valence-electron chi connectivity index (χ0n) is 18.0. The molecule has 1 N–H and O–H groups in total. The first-order valence-corrected chi connectivity index (χ1v) is 12.0. The van der Waals surface area contributed by atoms with Gasteiger partial charge in [-0.2, -0.15) is 4.31 Å². The molecule has 9 nitrogen and oxygen atoms in total. The maximum absolute atomic E-state index is 13.3. The Morgan fingerprint density at radius 3 is 2.55 bits per heavy atom. The fourth-order valence-electron chi connectivity index (χ4n) is 4.16. The maximum atomic E-state index is 13.3. The molecule has 0 spiro atoms. The molecule has 0 unspecified atom stereocenters. The number of fused-ring (bicyclic) bond motifs is 1. The van der Waals surface area contributed by atoms with E-state index in [0.717, 1.165) is 10.3 Å². The Labute approximate surface area is 191 Å². The minimum atomic E-state index is -3.69. The third-order valence-electron chi connectivity index (χ3n) is 6.04. The van der Waals surface area contributed by atoms with Crippen molar-refractivity contribution < 1.29 is 27.2 Å². The third kappa shape index (κ3) is 3.69. The third-order valence-corrected chi connectivity index (χ3v) is 7.93. The normalized spacial score (nSPS) is 22.2. The van der Waals surface area contributed by atoms with Crippen LogP contribution in [0.4, 0.5) is 4.79 Å². The minimum Gasteiger partial charge on any atom is -0.458 e. The summed E-state index contributed by atoms with van der Waals surface area (Å²) in [5, 5.41) is 3.56. The van der Waals surface area contributed by atoms with Crippen LogP contribution in [0.25, 0.3) is 11.0 Å². The van der Waals surface area contributed by atoms with E-state index in [1.165, 1.54) is 16.4 Å². The van der Waals surface area contributed by atoms with Crippen LogP contribution in [0.5, 0.6) is 0 Å². The lowest BCUT2D eigenvalue weighted by Gasteiger charge is -2.26. The van der Waals surface area contributed by atoms with Crippen LogP contribution in [0.3, 0.4) is 0 Å². The predicted molar refractivity (Wildman–Crippen MR) is 119 cm³/mol. The number of urea groups is 1. The Balaban J connectivity index is 1.40. The highest BCUT2D eigenvalue weighted by atomic mass is 32.2. The van der Waals surface area contributed by atoms with Crippen molar-refractivity contribution in [1.82, 2.24) is 14.5 Å². The highest BCUT2D eigenvalue weighted by molar-refractivity contribution is 7.89. The summed E-state index contributed by atoms with van der Waals surface area (Å²) in [5.41, 5.74) is -0.204. The van der Waals surface area contributed by atoms with E-state index in [4.69, 9.17) is 9.15 Å². The van der Waals surface area contributed by atoms with E-state index >= 15 is 0 Å². The van der Waals surface area contributed by atoms with E-state index in [9.17, 15) is 18.0 Å². The number of hydrogen-bond acceptors (Lipinski definition) is 6. The van der Waals surface area contributed by atoms with Gasteiger partial charge in [0.25, 0.3) is 5.91 Å². The average molecular weight is 470 g/mol. The molecule has 0 radical (unpaired) electrons. The fraction of sp³-hybridized carbons (Fsp3) is 0.304. The highest BCUT2D eigenvalue weighted by Crippen LogP contribution is 2.33. The van der Waals surface area contributed by atoms with E-state index < -0.39 is 27.5 Å². The van der Waals surface area contributed by atoms with Crippen molar-refractivity contribution in [1.29, 1.82) is 0 Å². The average Bonchev–Trinajstić information content (AvgIpc) is 3.36. The highest BCUT2D eigenvalue weighted by Gasteiger charge is 2.51. The minimum absolute atomic E-state index is 0.0625. The van der Waals surface area contributed by atoms with Crippen molar-refractivity contribution >= 4 is 32.9 Å². The lowest BCUT2D eigenvalue weighted by molar-refractivity contribution is -0.132. The molecular weight excluding hydrogens is 446 g/mol. The second-order valence-corrected chi connectivity index (χ2v) is 10.2. The largest absolute Gasteiger partial charge is 0.458 e. The number of ether oxygens (including phenoxy) is 1. The Kier molecular flexibility index (Phi) is 5.23. The van der Waals surface area contributed by atoms with Crippen LogP contribution in [-0.4, -0.2) is 55.9 Å². The smallest absolute Gasteiger partial charge is 0.325 e. The Morgan fingerprint density at radius 1 is 1.03 bits per heavy atom. The van der Waals surface area contributed by atoms with Crippen LogP contribution in [-0.2, 0) is 31.6 Å². The first-order chi connectivity index (χ1) is 15.8. The van der Waals surface area contributed by atoms with Crippen LogP contribution in [0.1, 0.15) is 18.2 Å². The predicted octanol–water partition coefficient (Wildman–Crippen LogP) is 2.42. The summed E-state index contributed by atoms with van der Waals surface area (Å²) in [6.07, 6.45) is 0. The summed E-state index contributed by atoms with van der Waals surface area (Å²) in [6.45, 7) is 2.81. The second kappa shape index (κ2) is 7.98. The number of amides is 3. The zero-order valence-corrected chi connectivity index (χ0v) is 18.8. The van der Waals surface area contributed by atoms with E-state index in [1.807, 2.05) is 18.2 Å². The Morgan fingerprint density at radius 2 is 1.79 bits per heavy atom. The van der Waals surface area contributed by atoms with Crippen molar-refractivity contribution in [3.05, 3.63) is 65.9 Å². The fourth-order valence-corrected chi connectivity index (χ4v) is 5.64. The molecule has 1 atom stereocenters. The van der Waals surface area contributed by atoms with Gasteiger partial charge in [-0.25, -0.2) is 13.2 Å². The lowest BCUT2D eigenvalue weighted by atomic mass is 9.98. The van der Waals surface area contributed by atoms with Gasteiger partial charge in [0.15, 0.2) is 5.54 Å². The number of furan rings is 1. The monoisotopic (exact) mass is 469 g/mol. The number of nitrogens with zero attached hydrogens (tertiary/aromatic N) is 2. The lowest BCUT2D eigenvalue weighted by Crippen LogP contribution is -2.40. The molecule has 2 saturated heterocycles. The van der Waals surface area contributed by atoms with Crippen LogP contribution in [0.2, 0.25) is 0 Å². The van der Waals surface area contributed by atoms with Gasteiger partial charge >= 0.3 is 6.03 Å². The van der Waals surface area contributed by atoms with E-state index in [0.29, 0.717) is 30.1 Å². The molecule has 1 aromatic heterocycles. The number of para-hydroxylation sites is 1. The molecule has 10 heteroatoms. The van der Waals surface area contributed by atoms with Crippen molar-refractivity contribution in [3.8, 4) is 0 Å². The van der Waals surface area contributed by atoms with E-state index in [2.05, 4.69) is 5.32 Å². The van der Waals surface area contributed by atoms with Crippen molar-refractivity contribution in [3.63, 3.8) is 0 Å². The van der Waals surface area contributed by atoms with E-state index in [-0.39, 0.29) is 24.5 Å². The topological polar surface area (TPSA) is 109 Å². The number of hydrogen-bond donors (Lipinski definition) is 1. The quantitative estimate of drug-likeness (QED) is 0.575. The van der Waals surface area contributed by atoms with Crippen molar-refractivity contribution in [2.75, 3.05) is 26.3 Å². The van der Waals surface area contributed by atoms with Gasteiger partial charge in [-0.15, -0.1) is 0 Å². The molecule has 2 aromatic carbocycles. The summed E-state index contributed by atoms with van der Waals surface area (Å²) < 4.78 is 38.4. The van der Waals surface area contributed by atoms with Gasteiger partial charge in [-0.1, -0.05) is 30.3 Å². The first-order valence-electron chi connectivity index (χ1n) is 10.6. The molecule has 0 bridgehead atoms. The number of carbonyl (C=O) groups is 2. The van der Waals surface area contributed by atoms with Gasteiger partial charge in [0.05, 0.1) is 24.7 Å². The van der Waals surface area contributed by atoms with Gasteiger partial charge in [0.1, 0.15) is 11.3 Å². The standard InChI is InChI=1S/C23H23N3O6S/c1-23(20-14-17-6-2-3-8-19(17)32-20)21(27)26(22(28)24-23)15-16-5-4-7-18(13-16)33(29,30)25-9-11-31-12-10-25/h2-8,13-14H,9-12,15H2,1H3,(H,24,28)/t23-/m0/s1. The maximum Gasteiger partial charge on any atom is 0.325 e. The molecule has 0 aliphatic carbocycles. The van der Waals surface area contributed by atoms with Gasteiger partial charge in [-0.05, 0) is 36.8 Å². The van der Waals surface area contributed by atoms with E-state index in [1.54, 1.807) is 31.2 Å². The van der Waals surface area contributed by atoms with Gasteiger partial charge in [-0.3, -0.25) is 9.69 Å². The molecule has 5 rings (SSSR count). The number of carbonyl (C=O) groups excluding carboxylic acids is 2. The van der Waals surface area contributed by atoms with Crippen LogP contribution >= 0.6 is 0 Å². The molecule has 2 aliphatic rings. The van der Waals surface area contributed by atoms with Crippen molar-refractivity contribution in [2.45, 2.75) is 23.9 Å². The number of sulfonamides is 1. The number of benzene rings is 2. The SMILES string of the molecule is C[C@@]1(c2cc3ccccc3o2)NC(=O)N(Cc2cccc(S(=O)(=O)N3CCOCC3)c2)C1=O. The summed E-state index contributed by atoms with van der Waals surface area (Å²) >= 11 is 0. The number of nitrogens with one attached hydrogen (secondary N) is 1. The Bertz CT molecular complexity index is 1310.